The lowest BCUT2D eigenvalue weighted by molar-refractivity contribution is -0.144. The molecule has 0 aromatic heterocycles. The summed E-state index contributed by atoms with van der Waals surface area (Å²) in [6.45, 7) is 16.8. The highest BCUT2D eigenvalue weighted by Crippen LogP contribution is 2.26. The number of aliphatic hydroxyl groups excluding tert-OH is 1. The third-order valence-corrected chi connectivity index (χ3v) is 5.74. The molecule has 0 aromatic carbocycles. The highest BCUT2D eigenvalue weighted by atomic mass is 16.5. The van der Waals surface area contributed by atoms with Crippen LogP contribution in [0.5, 0.6) is 0 Å². The van der Waals surface area contributed by atoms with Gasteiger partial charge in [0.1, 0.15) is 18.7 Å². The van der Waals surface area contributed by atoms with E-state index in [0.29, 0.717) is 39.0 Å². The fraction of sp³-hybridized carbons (Fsp3) is 0.885. The van der Waals surface area contributed by atoms with Crippen molar-refractivity contribution in [2.45, 2.75) is 79.1 Å². The number of β-amino-alcohol motifs (C(OH)–C–C–N with tert-alkyl or cyclic N) is 1. The Balaban J connectivity index is -0.00000456. The Labute approximate surface area is 226 Å². The van der Waals surface area contributed by atoms with Crippen LogP contribution in [0.1, 0.15) is 59.2 Å². The zero-order chi connectivity index (χ0) is 28.0. The van der Waals surface area contributed by atoms with Gasteiger partial charge in [0, 0.05) is 36.4 Å². The zero-order valence-electron chi connectivity index (χ0n) is 23.8. The molecule has 0 spiro atoms. The molecule has 0 aromatic rings. The molecule has 1 saturated heterocycles. The SMILES string of the molecule is CC(C)CNC(=O)C1CC(O)CN1C(=O)C(NC(=O)COCCOCCOCCNC(C)C)C(C)(C)C.[HH].[HH].[HH]. The second kappa shape index (κ2) is 16.9. The quantitative estimate of drug-likeness (QED) is 0.202. The Kier molecular flexibility index (Phi) is 15.2. The van der Waals surface area contributed by atoms with E-state index >= 15 is 0 Å². The predicted octanol–water partition coefficient (Wildman–Crippen LogP) is 1.04. The first-order chi connectivity index (χ1) is 17.3. The number of nitrogens with one attached hydrogen (secondary N) is 3. The van der Waals surface area contributed by atoms with E-state index in [1.807, 2.05) is 34.6 Å². The highest BCUT2D eigenvalue weighted by Gasteiger charge is 2.44. The first kappa shape index (κ1) is 33.2. The first-order valence-corrected chi connectivity index (χ1v) is 13.3. The van der Waals surface area contributed by atoms with Gasteiger partial charge in [-0.05, 0) is 11.3 Å². The molecule has 0 radical (unpaired) electrons. The fourth-order valence-corrected chi connectivity index (χ4v) is 3.77. The number of nitrogens with zero attached hydrogens (tertiary/aromatic N) is 1. The molecule has 1 fully saturated rings. The van der Waals surface area contributed by atoms with E-state index < -0.39 is 35.4 Å². The normalized spacial score (nSPS) is 18.9. The van der Waals surface area contributed by atoms with Crippen molar-refractivity contribution in [3.63, 3.8) is 0 Å². The van der Waals surface area contributed by atoms with Crippen LogP contribution in [0.2, 0.25) is 0 Å². The van der Waals surface area contributed by atoms with Crippen LogP contribution < -0.4 is 16.0 Å². The van der Waals surface area contributed by atoms with Crippen LogP contribution in [0.3, 0.4) is 0 Å². The topological polar surface area (TPSA) is 138 Å². The second-order valence-electron chi connectivity index (χ2n) is 11.3. The van der Waals surface area contributed by atoms with E-state index in [-0.39, 0.29) is 42.3 Å². The third kappa shape index (κ3) is 13.5. The molecule has 0 bridgehead atoms. The van der Waals surface area contributed by atoms with Crippen LogP contribution in [-0.4, -0.2) is 111 Å². The number of hydrogen-bond donors (Lipinski definition) is 4. The minimum Gasteiger partial charge on any atom is -0.391 e. The van der Waals surface area contributed by atoms with Gasteiger partial charge in [-0.25, -0.2) is 0 Å². The predicted molar refractivity (Wildman–Crippen MR) is 147 cm³/mol. The van der Waals surface area contributed by atoms with Gasteiger partial charge >= 0.3 is 0 Å². The van der Waals surface area contributed by atoms with E-state index in [1.54, 1.807) is 0 Å². The molecule has 0 saturated carbocycles. The molecule has 0 aliphatic carbocycles. The summed E-state index contributed by atoms with van der Waals surface area (Å²) in [5.41, 5.74) is -0.618. The average molecular weight is 537 g/mol. The first-order valence-electron chi connectivity index (χ1n) is 13.3. The molecular weight excluding hydrogens is 480 g/mol. The molecular formula is C26H56N4O7. The summed E-state index contributed by atoms with van der Waals surface area (Å²) in [5, 5.41) is 19.0. The molecule has 11 nitrogen and oxygen atoms in total. The van der Waals surface area contributed by atoms with Crippen LogP contribution in [0.4, 0.5) is 0 Å². The zero-order valence-corrected chi connectivity index (χ0v) is 23.8. The fourth-order valence-electron chi connectivity index (χ4n) is 3.77. The molecule has 4 N–H and O–H groups in total. The summed E-state index contributed by atoms with van der Waals surface area (Å²) in [5.74, 6) is -0.862. The van der Waals surface area contributed by atoms with Gasteiger partial charge in [-0.2, -0.15) is 0 Å². The Morgan fingerprint density at radius 1 is 1.00 bits per heavy atom. The average Bonchev–Trinajstić information content (AvgIpc) is 3.19. The monoisotopic (exact) mass is 536 g/mol. The van der Waals surface area contributed by atoms with Gasteiger partial charge < -0.3 is 40.2 Å². The van der Waals surface area contributed by atoms with Crippen LogP contribution in [0.15, 0.2) is 0 Å². The van der Waals surface area contributed by atoms with Crippen molar-refractivity contribution in [1.82, 2.24) is 20.9 Å². The van der Waals surface area contributed by atoms with E-state index in [1.165, 1.54) is 4.90 Å². The van der Waals surface area contributed by atoms with Crippen molar-refractivity contribution in [3.8, 4) is 0 Å². The molecule has 3 amide bonds. The van der Waals surface area contributed by atoms with Gasteiger partial charge in [0.25, 0.3) is 0 Å². The number of carbonyl (C=O) groups is 3. The molecule has 11 heteroatoms. The number of aliphatic hydroxyl groups is 1. The van der Waals surface area contributed by atoms with Crippen LogP contribution >= 0.6 is 0 Å². The van der Waals surface area contributed by atoms with Crippen LogP contribution in [-0.2, 0) is 28.6 Å². The maximum absolute atomic E-state index is 13.4. The van der Waals surface area contributed by atoms with Gasteiger partial charge in [-0.1, -0.05) is 48.5 Å². The largest absolute Gasteiger partial charge is 0.391 e. The van der Waals surface area contributed by atoms with E-state index in [4.69, 9.17) is 14.2 Å². The van der Waals surface area contributed by atoms with Crippen molar-refractivity contribution >= 4 is 17.7 Å². The molecule has 3 unspecified atom stereocenters. The summed E-state index contributed by atoms with van der Waals surface area (Å²) >= 11 is 0. The van der Waals surface area contributed by atoms with Crippen molar-refractivity contribution < 1.29 is 38.0 Å². The Bertz CT molecular complexity index is 712. The summed E-state index contributed by atoms with van der Waals surface area (Å²) in [6.07, 6.45) is -0.621. The van der Waals surface area contributed by atoms with Gasteiger partial charge in [-0.3, -0.25) is 14.4 Å². The molecule has 1 aliphatic rings. The molecule has 222 valence electrons. The molecule has 37 heavy (non-hydrogen) atoms. The van der Waals surface area contributed by atoms with E-state index in [9.17, 15) is 19.5 Å². The smallest absolute Gasteiger partial charge is 0.246 e. The third-order valence-electron chi connectivity index (χ3n) is 5.74. The van der Waals surface area contributed by atoms with Crippen molar-refractivity contribution in [2.75, 3.05) is 59.3 Å². The van der Waals surface area contributed by atoms with E-state index in [2.05, 4.69) is 29.8 Å². The lowest BCUT2D eigenvalue weighted by Crippen LogP contribution is -2.58. The molecule has 3 atom stereocenters. The van der Waals surface area contributed by atoms with Crippen LogP contribution in [0.25, 0.3) is 0 Å². The summed E-state index contributed by atoms with van der Waals surface area (Å²) in [4.78, 5) is 40.1. The number of hydrogen-bond acceptors (Lipinski definition) is 8. The number of amides is 3. The Morgan fingerprint density at radius 2 is 1.59 bits per heavy atom. The van der Waals surface area contributed by atoms with Crippen molar-refractivity contribution in [1.29, 1.82) is 0 Å². The van der Waals surface area contributed by atoms with Crippen molar-refractivity contribution in [3.05, 3.63) is 0 Å². The number of ether oxygens (including phenoxy) is 3. The molecule has 1 aliphatic heterocycles. The highest BCUT2D eigenvalue weighted by molar-refractivity contribution is 5.93. The minimum atomic E-state index is -0.882. The van der Waals surface area contributed by atoms with Gasteiger partial charge in [0.05, 0.1) is 39.1 Å². The molecule has 1 heterocycles. The summed E-state index contributed by atoms with van der Waals surface area (Å²) in [6, 6.07) is -1.23. The summed E-state index contributed by atoms with van der Waals surface area (Å²) in [7, 11) is 0. The second-order valence-corrected chi connectivity index (χ2v) is 11.3. The lowest BCUT2D eigenvalue weighted by Gasteiger charge is -2.35. The van der Waals surface area contributed by atoms with Gasteiger partial charge in [-0.15, -0.1) is 0 Å². The maximum Gasteiger partial charge on any atom is 0.246 e. The summed E-state index contributed by atoms with van der Waals surface area (Å²) < 4.78 is 16.3. The van der Waals surface area contributed by atoms with Crippen LogP contribution in [0, 0.1) is 11.3 Å². The van der Waals surface area contributed by atoms with E-state index in [0.717, 1.165) is 6.54 Å². The number of carbonyl (C=O) groups excluding carboxylic acids is 3. The van der Waals surface area contributed by atoms with Gasteiger partial charge in [0.2, 0.25) is 17.7 Å². The number of likely N-dealkylation sites (tertiary alicyclic amines) is 1. The Hall–Kier alpha value is -1.79. The number of rotatable bonds is 17. The standard InChI is InChI=1S/C26H50N4O7.3H2/c1-18(2)15-28-24(33)21-14-20(31)16-30(21)25(34)23(26(5,6)7)29-22(32)17-37-13-12-36-11-10-35-9-8-27-19(3)4;;;/h18-21,23,27,31H,8-17H2,1-7H3,(H,28,33)(H,29,32);3*1H. The maximum atomic E-state index is 13.4. The van der Waals surface area contributed by atoms with Crippen molar-refractivity contribution in [2.24, 2.45) is 11.3 Å². The molecule has 1 rings (SSSR count). The lowest BCUT2D eigenvalue weighted by atomic mass is 9.85. The minimum absolute atomic E-state index is 0. The van der Waals surface area contributed by atoms with Gasteiger partial charge in [0.15, 0.2) is 0 Å². The Morgan fingerprint density at radius 3 is 2.16 bits per heavy atom.